The van der Waals surface area contributed by atoms with E-state index in [4.69, 9.17) is 0 Å². The van der Waals surface area contributed by atoms with Gasteiger partial charge in [0.05, 0.1) is 0 Å². The van der Waals surface area contributed by atoms with Crippen LogP contribution in [0, 0.1) is 6.92 Å². The van der Waals surface area contributed by atoms with Crippen LogP contribution in [0.2, 0.25) is 0 Å². The number of aromatic nitrogens is 1. The predicted molar refractivity (Wildman–Crippen MR) is 107 cm³/mol. The van der Waals surface area contributed by atoms with Gasteiger partial charge in [-0.25, -0.2) is 0 Å². The molecular formula is C23H18NSe+. The molecule has 2 heteroatoms. The summed E-state index contributed by atoms with van der Waals surface area (Å²) < 4.78 is 5.33. The zero-order valence-corrected chi connectivity index (χ0v) is 16.0. The number of fused-ring (bicyclic) bond motifs is 5. The molecule has 0 aliphatic rings. The Balaban J connectivity index is 1.98. The fourth-order valence-corrected chi connectivity index (χ4v) is 6.75. The molecule has 0 amide bonds. The van der Waals surface area contributed by atoms with Gasteiger partial charge in [-0.2, -0.15) is 0 Å². The molecule has 0 N–H and O–H groups in total. The molecule has 2 heterocycles. The van der Waals surface area contributed by atoms with Crippen molar-refractivity contribution in [1.29, 1.82) is 0 Å². The Morgan fingerprint density at radius 1 is 0.720 bits per heavy atom. The van der Waals surface area contributed by atoms with Gasteiger partial charge >= 0.3 is 153 Å². The van der Waals surface area contributed by atoms with Crippen LogP contribution in [0.15, 0.2) is 72.9 Å². The van der Waals surface area contributed by atoms with E-state index in [0.717, 1.165) is 0 Å². The van der Waals surface area contributed by atoms with Crippen molar-refractivity contribution in [3.63, 3.8) is 0 Å². The van der Waals surface area contributed by atoms with Crippen molar-refractivity contribution < 1.29 is 4.57 Å². The van der Waals surface area contributed by atoms with Gasteiger partial charge in [-0.3, -0.25) is 0 Å². The molecule has 0 saturated carbocycles. The molecule has 0 radical (unpaired) electrons. The van der Waals surface area contributed by atoms with Crippen LogP contribution in [0.25, 0.3) is 41.3 Å². The van der Waals surface area contributed by atoms with Gasteiger partial charge in [-0.05, 0) is 0 Å². The first-order valence-corrected chi connectivity index (χ1v) is 10.2. The fraction of sp³-hybridized carbons (Fsp3) is 0.0870. The van der Waals surface area contributed by atoms with Gasteiger partial charge in [0, 0.05) is 0 Å². The Hall–Kier alpha value is -2.41. The minimum atomic E-state index is 0.322. The van der Waals surface area contributed by atoms with Crippen LogP contribution in [0.3, 0.4) is 0 Å². The molecule has 5 aromatic rings. The molecule has 0 aliphatic heterocycles. The summed E-state index contributed by atoms with van der Waals surface area (Å²) in [7, 11) is 2.17. The SMILES string of the molecule is Cc1ccccc1-c1c2[se]c3c4ccccc4ccc3c2cc[n+]1C. The van der Waals surface area contributed by atoms with Crippen LogP contribution in [-0.2, 0) is 7.05 Å². The molecule has 1 nitrogen and oxygen atoms in total. The van der Waals surface area contributed by atoms with E-state index in [1.165, 1.54) is 46.9 Å². The summed E-state index contributed by atoms with van der Waals surface area (Å²) >= 11 is 0.322. The van der Waals surface area contributed by atoms with Gasteiger partial charge < -0.3 is 0 Å². The van der Waals surface area contributed by atoms with E-state index >= 15 is 0 Å². The van der Waals surface area contributed by atoms with E-state index in [1.807, 2.05) is 0 Å². The van der Waals surface area contributed by atoms with E-state index < -0.39 is 0 Å². The van der Waals surface area contributed by atoms with Crippen LogP contribution in [0.4, 0.5) is 0 Å². The third-order valence-electron chi connectivity index (χ3n) is 5.05. The zero-order valence-electron chi connectivity index (χ0n) is 14.3. The number of aryl methyl sites for hydroxylation is 2. The second-order valence-corrected chi connectivity index (χ2v) is 8.74. The van der Waals surface area contributed by atoms with Crippen molar-refractivity contribution in [2.24, 2.45) is 7.05 Å². The molecule has 0 fully saturated rings. The van der Waals surface area contributed by atoms with Crippen LogP contribution >= 0.6 is 0 Å². The molecule has 3 aromatic carbocycles. The van der Waals surface area contributed by atoms with Crippen molar-refractivity contribution >= 4 is 44.6 Å². The van der Waals surface area contributed by atoms with Crippen LogP contribution in [-0.4, -0.2) is 14.5 Å². The van der Waals surface area contributed by atoms with Crippen LogP contribution in [0.1, 0.15) is 5.56 Å². The third kappa shape index (κ3) is 2.18. The van der Waals surface area contributed by atoms with Gasteiger partial charge in [0.15, 0.2) is 0 Å². The predicted octanol–water partition coefficient (Wildman–Crippen LogP) is 5.00. The van der Waals surface area contributed by atoms with E-state index in [9.17, 15) is 0 Å². The molecule has 0 spiro atoms. The summed E-state index contributed by atoms with van der Waals surface area (Å²) in [4.78, 5) is 0. The van der Waals surface area contributed by atoms with Gasteiger partial charge in [-0.15, -0.1) is 0 Å². The first-order valence-electron chi connectivity index (χ1n) is 8.52. The zero-order chi connectivity index (χ0) is 17.0. The molecule has 0 bridgehead atoms. The number of nitrogens with zero attached hydrogens (tertiary/aromatic N) is 1. The second-order valence-electron chi connectivity index (χ2n) is 6.60. The monoisotopic (exact) mass is 388 g/mol. The molecule has 120 valence electrons. The third-order valence-corrected chi connectivity index (χ3v) is 7.70. The Morgan fingerprint density at radius 3 is 2.36 bits per heavy atom. The molecular weight excluding hydrogens is 369 g/mol. The quantitative estimate of drug-likeness (QED) is 0.281. The Morgan fingerprint density at radius 2 is 1.48 bits per heavy atom. The summed E-state index contributed by atoms with van der Waals surface area (Å²) in [6.45, 7) is 2.21. The van der Waals surface area contributed by atoms with Crippen molar-refractivity contribution in [2.75, 3.05) is 0 Å². The maximum atomic E-state index is 2.31. The number of benzene rings is 3. The molecule has 25 heavy (non-hydrogen) atoms. The van der Waals surface area contributed by atoms with E-state index in [0.29, 0.717) is 14.5 Å². The molecule has 0 unspecified atom stereocenters. The molecule has 0 aliphatic carbocycles. The number of rotatable bonds is 1. The van der Waals surface area contributed by atoms with Crippen molar-refractivity contribution in [1.82, 2.24) is 0 Å². The average Bonchev–Trinajstić information content (AvgIpc) is 3.01. The first-order chi connectivity index (χ1) is 12.2. The molecule has 0 atom stereocenters. The standard InChI is InChI=1S/C23H18NSe/c1-15-7-3-5-9-17(15)21-23-20(13-14-24(21)2)19-12-11-16-8-4-6-10-18(16)22(19)25-23/h3-14H,1-2H3/q+1. The van der Waals surface area contributed by atoms with Gasteiger partial charge in [0.2, 0.25) is 0 Å². The van der Waals surface area contributed by atoms with Crippen molar-refractivity contribution in [3.8, 4) is 11.3 Å². The van der Waals surface area contributed by atoms with Crippen molar-refractivity contribution in [2.45, 2.75) is 6.92 Å². The van der Waals surface area contributed by atoms with Crippen LogP contribution < -0.4 is 4.57 Å². The number of hydrogen-bond donors (Lipinski definition) is 0. The topological polar surface area (TPSA) is 3.88 Å². The number of hydrogen-bond acceptors (Lipinski definition) is 0. The van der Waals surface area contributed by atoms with Gasteiger partial charge in [0.1, 0.15) is 0 Å². The first kappa shape index (κ1) is 14.9. The Kier molecular flexibility index (Phi) is 3.31. The minimum absolute atomic E-state index is 0.322. The normalized spacial score (nSPS) is 11.6. The average molecular weight is 387 g/mol. The van der Waals surface area contributed by atoms with Gasteiger partial charge in [0.25, 0.3) is 0 Å². The maximum absolute atomic E-state index is 2.31. The van der Waals surface area contributed by atoms with Crippen LogP contribution in [0.5, 0.6) is 0 Å². The molecule has 0 saturated heterocycles. The van der Waals surface area contributed by atoms with Gasteiger partial charge in [-0.1, -0.05) is 0 Å². The van der Waals surface area contributed by atoms with Crippen molar-refractivity contribution in [3.05, 3.63) is 78.5 Å². The Labute approximate surface area is 152 Å². The van der Waals surface area contributed by atoms with E-state index in [2.05, 4.69) is 91.5 Å². The molecule has 5 rings (SSSR count). The summed E-state index contributed by atoms with van der Waals surface area (Å²) in [6.07, 6.45) is 2.21. The van der Waals surface area contributed by atoms with E-state index in [-0.39, 0.29) is 0 Å². The van der Waals surface area contributed by atoms with E-state index in [1.54, 1.807) is 0 Å². The number of pyridine rings is 1. The summed E-state index contributed by atoms with van der Waals surface area (Å²) in [5.41, 5.74) is 4.06. The Bertz CT molecular complexity index is 1260. The summed E-state index contributed by atoms with van der Waals surface area (Å²) in [5.74, 6) is 0. The second kappa shape index (κ2) is 5.56. The summed E-state index contributed by atoms with van der Waals surface area (Å²) in [6, 6.07) is 24.4. The summed E-state index contributed by atoms with van der Waals surface area (Å²) in [5, 5.41) is 5.59. The molecule has 2 aromatic heterocycles. The fourth-order valence-electron chi connectivity index (χ4n) is 3.76.